The van der Waals surface area contributed by atoms with Gasteiger partial charge in [0.05, 0.1) is 15.9 Å². The molecule has 12 heteroatoms. The Kier molecular flexibility index (Phi) is 10.6. The number of carbonyl (C=O) groups is 1. The van der Waals surface area contributed by atoms with E-state index in [0.29, 0.717) is 19.6 Å². The molecule has 1 rings (SSSR count). The van der Waals surface area contributed by atoms with Crippen molar-refractivity contribution in [3.8, 4) is 0 Å². The van der Waals surface area contributed by atoms with Crippen molar-refractivity contribution in [3.63, 3.8) is 0 Å². The van der Waals surface area contributed by atoms with Crippen molar-refractivity contribution in [1.82, 2.24) is 10.2 Å². The third-order valence-electron chi connectivity index (χ3n) is 3.65. The van der Waals surface area contributed by atoms with Crippen LogP contribution in [0.3, 0.4) is 0 Å². The minimum absolute atomic E-state index is 0. The lowest BCUT2D eigenvalue weighted by atomic mass is 10.1. The van der Waals surface area contributed by atoms with Crippen molar-refractivity contribution in [2.75, 3.05) is 51.1 Å². The monoisotopic (exact) mass is 423 g/mol. The Labute approximate surface area is 168 Å². The quantitative estimate of drug-likeness (QED) is 0.347. The highest BCUT2D eigenvalue weighted by molar-refractivity contribution is 6.18. The van der Waals surface area contributed by atoms with E-state index < -0.39 is 27.1 Å². The average molecular weight is 424 g/mol. The van der Waals surface area contributed by atoms with E-state index in [-0.39, 0.29) is 36.1 Å². The summed E-state index contributed by atoms with van der Waals surface area (Å²) in [6, 6.07) is 2.02. The summed E-state index contributed by atoms with van der Waals surface area (Å²) in [4.78, 5) is 37.0. The van der Waals surface area contributed by atoms with Gasteiger partial charge in [-0.1, -0.05) is 0 Å². The molecule has 0 unspecified atom stereocenters. The number of hydrogen-bond acceptors (Lipinski definition) is 7. The number of hydrogen-bond donors (Lipinski definition) is 1. The number of nitro groups is 2. The van der Waals surface area contributed by atoms with Crippen LogP contribution in [-0.2, 0) is 0 Å². The van der Waals surface area contributed by atoms with Gasteiger partial charge in [0.15, 0.2) is 0 Å². The van der Waals surface area contributed by atoms with Crippen LogP contribution in [0.4, 0.5) is 17.1 Å². The molecule has 27 heavy (non-hydrogen) atoms. The summed E-state index contributed by atoms with van der Waals surface area (Å²) in [6.45, 7) is 3.31. The molecule has 0 saturated heterocycles. The summed E-state index contributed by atoms with van der Waals surface area (Å²) >= 11 is 5.74. The van der Waals surface area contributed by atoms with Crippen molar-refractivity contribution in [3.05, 3.63) is 37.9 Å². The standard InChI is InChI=1S/C15H22ClN5O5.ClH/c1-4-19(7-5-16)13-9-11(15(22)17-6-8-18(2)3)12(20(23)24)10-14(13)21(25)26;/h9-10H,4-8H2,1-3H3,(H,17,22);1H. The van der Waals surface area contributed by atoms with Crippen LogP contribution in [0.1, 0.15) is 17.3 Å². The zero-order chi connectivity index (χ0) is 19.9. The predicted molar refractivity (Wildman–Crippen MR) is 106 cm³/mol. The Morgan fingerprint density at radius 2 is 1.74 bits per heavy atom. The molecule has 1 amide bonds. The van der Waals surface area contributed by atoms with E-state index in [1.165, 1.54) is 6.07 Å². The first-order valence-corrected chi connectivity index (χ1v) is 8.47. The van der Waals surface area contributed by atoms with Crippen molar-refractivity contribution >= 4 is 47.0 Å². The summed E-state index contributed by atoms with van der Waals surface area (Å²) in [6.07, 6.45) is 0. The Balaban J connectivity index is 0.00000676. The Bertz CT molecular complexity index is 687. The van der Waals surface area contributed by atoms with E-state index in [0.717, 1.165) is 6.07 Å². The van der Waals surface area contributed by atoms with E-state index in [2.05, 4.69) is 5.32 Å². The van der Waals surface area contributed by atoms with Crippen LogP contribution in [0.2, 0.25) is 0 Å². The molecule has 1 aromatic rings. The van der Waals surface area contributed by atoms with Crippen LogP contribution < -0.4 is 10.2 Å². The number of alkyl halides is 1. The number of benzene rings is 1. The van der Waals surface area contributed by atoms with Gasteiger partial charge in [-0.2, -0.15) is 0 Å². The van der Waals surface area contributed by atoms with Crippen LogP contribution >= 0.6 is 24.0 Å². The molecule has 0 radical (unpaired) electrons. The van der Waals surface area contributed by atoms with Gasteiger partial charge < -0.3 is 15.1 Å². The fourth-order valence-electron chi connectivity index (χ4n) is 2.34. The van der Waals surface area contributed by atoms with Crippen LogP contribution in [0.5, 0.6) is 0 Å². The fraction of sp³-hybridized carbons (Fsp3) is 0.533. The number of likely N-dealkylation sites (N-methyl/N-ethyl adjacent to an activating group) is 1. The molecule has 0 spiro atoms. The number of anilines is 1. The molecule has 0 bridgehead atoms. The maximum absolute atomic E-state index is 12.4. The highest BCUT2D eigenvalue weighted by atomic mass is 35.5. The van der Waals surface area contributed by atoms with Crippen molar-refractivity contribution in [2.24, 2.45) is 0 Å². The molecular weight excluding hydrogens is 401 g/mol. The van der Waals surface area contributed by atoms with E-state index in [1.54, 1.807) is 11.8 Å². The summed E-state index contributed by atoms with van der Waals surface area (Å²) in [5.74, 6) is -0.441. The van der Waals surface area contributed by atoms with Gasteiger partial charge in [0.2, 0.25) is 0 Å². The lowest BCUT2D eigenvalue weighted by Crippen LogP contribution is -2.32. The maximum atomic E-state index is 12.4. The molecule has 152 valence electrons. The first-order chi connectivity index (χ1) is 12.2. The van der Waals surface area contributed by atoms with Gasteiger partial charge in [-0.25, -0.2) is 0 Å². The molecule has 1 N–H and O–H groups in total. The number of nitrogens with zero attached hydrogens (tertiary/aromatic N) is 4. The number of amides is 1. The van der Waals surface area contributed by atoms with E-state index in [4.69, 9.17) is 11.6 Å². The highest BCUT2D eigenvalue weighted by Gasteiger charge is 2.29. The zero-order valence-electron chi connectivity index (χ0n) is 15.3. The first kappa shape index (κ1) is 24.8. The molecule has 0 heterocycles. The fourth-order valence-corrected chi connectivity index (χ4v) is 2.54. The minimum Gasteiger partial charge on any atom is -0.365 e. The summed E-state index contributed by atoms with van der Waals surface area (Å²) < 4.78 is 0. The van der Waals surface area contributed by atoms with Gasteiger partial charge in [0.1, 0.15) is 11.3 Å². The molecule has 0 saturated carbocycles. The van der Waals surface area contributed by atoms with E-state index in [1.807, 2.05) is 19.0 Å². The number of halogens is 2. The molecular formula is C15H23Cl2N5O5. The third-order valence-corrected chi connectivity index (χ3v) is 3.82. The van der Waals surface area contributed by atoms with Crippen LogP contribution in [0.15, 0.2) is 12.1 Å². The van der Waals surface area contributed by atoms with Crippen molar-refractivity contribution in [2.45, 2.75) is 6.92 Å². The Hall–Kier alpha value is -2.17. The second-order valence-corrected chi connectivity index (χ2v) is 6.08. The van der Waals surface area contributed by atoms with Crippen LogP contribution in [0.25, 0.3) is 0 Å². The van der Waals surface area contributed by atoms with Gasteiger partial charge in [-0.15, -0.1) is 24.0 Å². The van der Waals surface area contributed by atoms with Crippen molar-refractivity contribution in [1.29, 1.82) is 0 Å². The molecule has 0 atom stereocenters. The second kappa shape index (κ2) is 11.5. The summed E-state index contributed by atoms with van der Waals surface area (Å²) in [5, 5.41) is 25.3. The molecule has 0 aromatic heterocycles. The lowest BCUT2D eigenvalue weighted by molar-refractivity contribution is -0.393. The first-order valence-electron chi connectivity index (χ1n) is 7.93. The SMILES string of the molecule is CCN(CCCl)c1cc(C(=O)NCCN(C)C)c([N+](=O)[O-])cc1[N+](=O)[O-].Cl. The Morgan fingerprint density at radius 1 is 1.15 bits per heavy atom. The molecule has 0 aliphatic carbocycles. The molecule has 0 aliphatic heterocycles. The van der Waals surface area contributed by atoms with Gasteiger partial charge in [0, 0.05) is 32.1 Å². The third kappa shape index (κ3) is 6.81. The van der Waals surface area contributed by atoms with Gasteiger partial charge >= 0.3 is 0 Å². The minimum atomic E-state index is -0.796. The van der Waals surface area contributed by atoms with Crippen LogP contribution in [-0.4, -0.2) is 66.8 Å². The second-order valence-electron chi connectivity index (χ2n) is 5.70. The maximum Gasteiger partial charge on any atom is 0.299 e. The van der Waals surface area contributed by atoms with Crippen LogP contribution in [0, 0.1) is 20.2 Å². The molecule has 1 aromatic carbocycles. The number of rotatable bonds is 10. The lowest BCUT2D eigenvalue weighted by Gasteiger charge is -2.22. The van der Waals surface area contributed by atoms with Gasteiger partial charge in [-0.3, -0.25) is 25.0 Å². The van der Waals surface area contributed by atoms with Gasteiger partial charge in [0.25, 0.3) is 17.3 Å². The molecule has 10 nitrogen and oxygen atoms in total. The summed E-state index contributed by atoms with van der Waals surface area (Å²) in [7, 11) is 3.65. The number of carbonyl (C=O) groups excluding carboxylic acids is 1. The smallest absolute Gasteiger partial charge is 0.299 e. The molecule has 0 fully saturated rings. The van der Waals surface area contributed by atoms with E-state index in [9.17, 15) is 25.0 Å². The summed E-state index contributed by atoms with van der Waals surface area (Å²) in [5.41, 5.74) is -1.14. The van der Waals surface area contributed by atoms with E-state index >= 15 is 0 Å². The predicted octanol–water partition coefficient (Wildman–Crippen LogP) is 2.28. The Morgan fingerprint density at radius 3 is 2.19 bits per heavy atom. The topological polar surface area (TPSA) is 122 Å². The number of nitro benzene ring substituents is 2. The average Bonchev–Trinajstić information content (AvgIpc) is 2.57. The van der Waals surface area contributed by atoms with Crippen molar-refractivity contribution < 1.29 is 14.6 Å². The van der Waals surface area contributed by atoms with Gasteiger partial charge in [-0.05, 0) is 27.1 Å². The zero-order valence-corrected chi connectivity index (χ0v) is 16.9. The number of nitrogens with one attached hydrogen (secondary N) is 1. The largest absolute Gasteiger partial charge is 0.365 e. The molecule has 0 aliphatic rings. The highest BCUT2D eigenvalue weighted by Crippen LogP contribution is 2.35. The normalized spacial score (nSPS) is 10.3.